The van der Waals surface area contributed by atoms with Gasteiger partial charge in [-0.05, 0) is 18.9 Å². The van der Waals surface area contributed by atoms with Crippen molar-refractivity contribution in [1.82, 2.24) is 19.3 Å². The van der Waals surface area contributed by atoms with E-state index in [1.165, 1.54) is 12.8 Å². The lowest BCUT2D eigenvalue weighted by atomic mass is 10.2. The molecule has 106 valence electrons. The summed E-state index contributed by atoms with van der Waals surface area (Å²) in [6.07, 6.45) is 6.21. The van der Waals surface area contributed by atoms with Crippen LogP contribution in [0.25, 0.3) is 10.9 Å². The minimum atomic E-state index is 0.654. The molecule has 1 aliphatic rings. The molecule has 0 saturated carbocycles. The van der Waals surface area contributed by atoms with Crippen molar-refractivity contribution in [3.63, 3.8) is 0 Å². The summed E-state index contributed by atoms with van der Waals surface area (Å²) in [5, 5.41) is 9.62. The molecule has 5 heteroatoms. The van der Waals surface area contributed by atoms with Gasteiger partial charge < -0.3 is 9.13 Å². The van der Waals surface area contributed by atoms with E-state index >= 15 is 0 Å². The van der Waals surface area contributed by atoms with E-state index < -0.39 is 0 Å². The highest BCUT2D eigenvalue weighted by Gasteiger charge is 2.17. The molecule has 3 aromatic rings. The smallest absolute Gasteiger partial charge is 0.153 e. The maximum Gasteiger partial charge on any atom is 0.153 e. The monoisotopic (exact) mass is 280 g/mol. The Kier molecular flexibility index (Phi) is 2.84. The Morgan fingerprint density at radius 3 is 3.00 bits per heavy atom. The van der Waals surface area contributed by atoms with Crippen molar-refractivity contribution in [3.05, 3.63) is 47.7 Å². The zero-order valence-electron chi connectivity index (χ0n) is 11.7. The van der Waals surface area contributed by atoms with E-state index in [-0.39, 0.29) is 0 Å². The quantitative estimate of drug-likeness (QED) is 0.692. The van der Waals surface area contributed by atoms with Crippen molar-refractivity contribution in [2.75, 3.05) is 0 Å². The van der Waals surface area contributed by atoms with E-state index in [0.717, 1.165) is 47.4 Å². The molecule has 0 spiro atoms. The van der Waals surface area contributed by atoms with Gasteiger partial charge >= 0.3 is 0 Å². The van der Waals surface area contributed by atoms with Crippen molar-refractivity contribution in [1.29, 1.82) is 0 Å². The third-order valence-electron chi connectivity index (χ3n) is 4.19. The number of benzene rings is 1. The van der Waals surface area contributed by atoms with Crippen molar-refractivity contribution in [2.45, 2.75) is 32.4 Å². The second kappa shape index (κ2) is 4.84. The van der Waals surface area contributed by atoms with Gasteiger partial charge in [-0.2, -0.15) is 0 Å². The molecule has 0 amide bonds. The predicted octanol–water partition coefficient (Wildman–Crippen LogP) is 2.43. The van der Waals surface area contributed by atoms with E-state index in [1.807, 2.05) is 30.5 Å². The van der Waals surface area contributed by atoms with Crippen LogP contribution in [-0.4, -0.2) is 25.6 Å². The zero-order chi connectivity index (χ0) is 14.2. The lowest BCUT2D eigenvalue weighted by Gasteiger charge is -2.15. The molecule has 4 rings (SSSR count). The molecular formula is C16H16N4O. The van der Waals surface area contributed by atoms with Crippen LogP contribution in [-0.2, 0) is 19.5 Å². The number of aromatic nitrogens is 4. The Morgan fingerprint density at radius 1 is 1.19 bits per heavy atom. The summed E-state index contributed by atoms with van der Waals surface area (Å²) in [4.78, 5) is 11.2. The molecule has 1 aliphatic heterocycles. The van der Waals surface area contributed by atoms with Crippen LogP contribution in [0, 0.1) is 0 Å². The van der Waals surface area contributed by atoms with Crippen LogP contribution >= 0.6 is 0 Å². The summed E-state index contributed by atoms with van der Waals surface area (Å²) in [5.41, 5.74) is 1.79. The summed E-state index contributed by atoms with van der Waals surface area (Å²) in [6.45, 7) is 1.65. The van der Waals surface area contributed by atoms with Crippen LogP contribution in [0.1, 0.15) is 34.8 Å². The normalized spacial score (nSPS) is 14.3. The number of carbonyl (C=O) groups is 1. The van der Waals surface area contributed by atoms with Crippen LogP contribution in [0.4, 0.5) is 0 Å². The SMILES string of the molecule is O=Cc1cn(Cc2nnc3n2CCCC3)c2ccccc12. The van der Waals surface area contributed by atoms with Crippen LogP contribution in [0.5, 0.6) is 0 Å². The summed E-state index contributed by atoms with van der Waals surface area (Å²) in [5.74, 6) is 2.06. The van der Waals surface area contributed by atoms with Crippen molar-refractivity contribution < 1.29 is 4.79 Å². The van der Waals surface area contributed by atoms with Gasteiger partial charge in [-0.25, -0.2) is 0 Å². The fourth-order valence-electron chi connectivity index (χ4n) is 3.14. The molecule has 3 heterocycles. The molecule has 0 radical (unpaired) electrons. The van der Waals surface area contributed by atoms with Gasteiger partial charge in [0.1, 0.15) is 5.82 Å². The van der Waals surface area contributed by atoms with Gasteiger partial charge in [-0.15, -0.1) is 10.2 Å². The number of hydrogen-bond acceptors (Lipinski definition) is 3. The molecule has 0 bridgehead atoms. The molecule has 0 fully saturated rings. The number of nitrogens with zero attached hydrogens (tertiary/aromatic N) is 4. The largest absolute Gasteiger partial charge is 0.339 e. The Balaban J connectivity index is 1.78. The number of para-hydroxylation sites is 1. The molecule has 0 aliphatic carbocycles. The van der Waals surface area contributed by atoms with E-state index in [2.05, 4.69) is 19.3 Å². The van der Waals surface area contributed by atoms with Gasteiger partial charge in [-0.1, -0.05) is 18.2 Å². The Hall–Kier alpha value is -2.43. The minimum absolute atomic E-state index is 0.654. The predicted molar refractivity (Wildman–Crippen MR) is 79.4 cm³/mol. The fourth-order valence-corrected chi connectivity index (χ4v) is 3.14. The molecule has 0 atom stereocenters. The molecule has 0 N–H and O–H groups in total. The first-order valence-corrected chi connectivity index (χ1v) is 7.31. The van der Waals surface area contributed by atoms with Crippen molar-refractivity contribution in [2.24, 2.45) is 0 Å². The Bertz CT molecular complexity index is 815. The van der Waals surface area contributed by atoms with E-state index in [1.54, 1.807) is 0 Å². The number of rotatable bonds is 3. The standard InChI is InChI=1S/C16H16N4O/c21-11-12-9-19(14-6-2-1-5-13(12)14)10-16-18-17-15-7-3-4-8-20(15)16/h1-2,5-6,9,11H,3-4,7-8,10H2. The Labute approximate surface area is 122 Å². The van der Waals surface area contributed by atoms with E-state index in [0.29, 0.717) is 6.54 Å². The van der Waals surface area contributed by atoms with Crippen LogP contribution in [0.2, 0.25) is 0 Å². The summed E-state index contributed by atoms with van der Waals surface area (Å²) in [7, 11) is 0. The molecule has 5 nitrogen and oxygen atoms in total. The highest BCUT2D eigenvalue weighted by atomic mass is 16.1. The minimum Gasteiger partial charge on any atom is -0.339 e. The highest BCUT2D eigenvalue weighted by molar-refractivity contribution is 5.97. The second-order valence-corrected chi connectivity index (χ2v) is 5.49. The van der Waals surface area contributed by atoms with Gasteiger partial charge in [-0.3, -0.25) is 4.79 Å². The third kappa shape index (κ3) is 1.96. The second-order valence-electron chi connectivity index (χ2n) is 5.49. The first kappa shape index (κ1) is 12.3. The lowest BCUT2D eigenvalue weighted by molar-refractivity contribution is 0.112. The number of aryl methyl sites for hydroxylation is 1. The molecule has 1 aromatic carbocycles. The van der Waals surface area contributed by atoms with Gasteiger partial charge in [0.25, 0.3) is 0 Å². The molecule has 2 aromatic heterocycles. The van der Waals surface area contributed by atoms with Crippen LogP contribution in [0.3, 0.4) is 0 Å². The van der Waals surface area contributed by atoms with Gasteiger partial charge in [0.2, 0.25) is 0 Å². The first-order valence-electron chi connectivity index (χ1n) is 7.31. The molecule has 0 saturated heterocycles. The van der Waals surface area contributed by atoms with Gasteiger partial charge in [0, 0.05) is 35.6 Å². The fraction of sp³-hybridized carbons (Fsp3) is 0.312. The average molecular weight is 280 g/mol. The summed E-state index contributed by atoms with van der Waals surface area (Å²) >= 11 is 0. The van der Waals surface area contributed by atoms with Crippen LogP contribution < -0.4 is 0 Å². The number of fused-ring (bicyclic) bond motifs is 2. The molecule has 0 unspecified atom stereocenters. The van der Waals surface area contributed by atoms with Gasteiger partial charge in [0.05, 0.1) is 6.54 Å². The van der Waals surface area contributed by atoms with Crippen molar-refractivity contribution >= 4 is 17.2 Å². The maximum atomic E-state index is 11.2. The average Bonchev–Trinajstić information content (AvgIpc) is 3.10. The zero-order valence-corrected chi connectivity index (χ0v) is 11.7. The molecular weight excluding hydrogens is 264 g/mol. The van der Waals surface area contributed by atoms with E-state index in [9.17, 15) is 4.79 Å². The molecule has 21 heavy (non-hydrogen) atoms. The lowest BCUT2D eigenvalue weighted by Crippen LogP contribution is -2.15. The number of carbonyl (C=O) groups excluding carboxylic acids is 1. The van der Waals surface area contributed by atoms with Crippen LogP contribution in [0.15, 0.2) is 30.5 Å². The third-order valence-corrected chi connectivity index (χ3v) is 4.19. The van der Waals surface area contributed by atoms with Gasteiger partial charge in [0.15, 0.2) is 12.1 Å². The maximum absolute atomic E-state index is 11.2. The first-order chi connectivity index (χ1) is 10.4. The highest BCUT2D eigenvalue weighted by Crippen LogP contribution is 2.22. The Morgan fingerprint density at radius 2 is 2.10 bits per heavy atom. The topological polar surface area (TPSA) is 52.7 Å². The summed E-state index contributed by atoms with van der Waals surface area (Å²) in [6, 6.07) is 7.97. The number of hydrogen-bond donors (Lipinski definition) is 0. The van der Waals surface area contributed by atoms with Crippen molar-refractivity contribution in [3.8, 4) is 0 Å². The van der Waals surface area contributed by atoms with E-state index in [4.69, 9.17) is 0 Å². The summed E-state index contributed by atoms with van der Waals surface area (Å²) < 4.78 is 4.31. The number of aldehydes is 1.